The molecule has 0 bridgehead atoms. The summed E-state index contributed by atoms with van der Waals surface area (Å²) < 4.78 is 33.4. The maximum atomic E-state index is 12.1. The Kier molecular flexibility index (Phi) is 6.19. The van der Waals surface area contributed by atoms with Crippen LogP contribution in [0.15, 0.2) is 46.4 Å². The zero-order chi connectivity index (χ0) is 19.3. The number of hydrogen-bond donors (Lipinski definition) is 2. The molecule has 0 spiro atoms. The number of carbonyl (C=O) groups excluding carboxylic acids is 1. The summed E-state index contributed by atoms with van der Waals surface area (Å²) in [6.45, 7) is 0. The lowest BCUT2D eigenvalue weighted by Crippen LogP contribution is -2.19. The molecule has 2 aromatic rings. The Morgan fingerprint density at radius 2 is 1.96 bits per heavy atom. The number of ether oxygens (including phenoxy) is 2. The number of carbonyl (C=O) groups is 1. The van der Waals surface area contributed by atoms with E-state index >= 15 is 0 Å². The summed E-state index contributed by atoms with van der Waals surface area (Å²) in [7, 11) is -1.06. The lowest BCUT2D eigenvalue weighted by atomic mass is 10.2. The Labute approximate surface area is 155 Å². The second kappa shape index (κ2) is 8.17. The highest BCUT2D eigenvalue weighted by atomic mass is 35.5. The van der Waals surface area contributed by atoms with Crippen LogP contribution < -0.4 is 20.0 Å². The summed E-state index contributed by atoms with van der Waals surface area (Å²) >= 11 is 5.79. The zero-order valence-electron chi connectivity index (χ0n) is 13.9. The molecule has 3 N–H and O–H groups in total. The zero-order valence-corrected chi connectivity index (χ0v) is 15.5. The number of para-hydroxylation sites is 1. The van der Waals surface area contributed by atoms with Gasteiger partial charge in [0.2, 0.25) is 10.0 Å². The molecule has 0 saturated carbocycles. The highest BCUT2D eigenvalue weighted by molar-refractivity contribution is 7.89. The predicted molar refractivity (Wildman–Crippen MR) is 97.4 cm³/mol. The van der Waals surface area contributed by atoms with Crippen molar-refractivity contribution in [3.63, 3.8) is 0 Å². The minimum Gasteiger partial charge on any atom is -0.493 e. The van der Waals surface area contributed by atoms with E-state index in [1.807, 2.05) is 0 Å². The molecular formula is C16H16ClN3O5S. The van der Waals surface area contributed by atoms with Crippen LogP contribution in [0, 0.1) is 0 Å². The van der Waals surface area contributed by atoms with Gasteiger partial charge in [-0.15, -0.1) is 0 Å². The summed E-state index contributed by atoms with van der Waals surface area (Å²) in [6.07, 6.45) is 1.37. The van der Waals surface area contributed by atoms with Crippen LogP contribution >= 0.6 is 11.6 Å². The first-order valence-electron chi connectivity index (χ1n) is 7.14. The number of rotatable bonds is 6. The van der Waals surface area contributed by atoms with Crippen molar-refractivity contribution in [2.24, 2.45) is 10.2 Å². The molecule has 0 unspecified atom stereocenters. The maximum absolute atomic E-state index is 12.1. The highest BCUT2D eigenvalue weighted by Gasteiger charge is 2.16. The number of primary sulfonamides is 1. The van der Waals surface area contributed by atoms with Crippen LogP contribution in [0.3, 0.4) is 0 Å². The topological polar surface area (TPSA) is 120 Å². The molecule has 0 atom stereocenters. The molecule has 0 aliphatic carbocycles. The molecular weight excluding hydrogens is 382 g/mol. The first-order chi connectivity index (χ1) is 12.3. The molecule has 0 aliphatic rings. The third-order valence-electron chi connectivity index (χ3n) is 3.30. The van der Waals surface area contributed by atoms with Crippen molar-refractivity contribution in [3.05, 3.63) is 52.5 Å². The Morgan fingerprint density at radius 1 is 1.23 bits per heavy atom. The smallest absolute Gasteiger partial charge is 0.271 e. The largest absolute Gasteiger partial charge is 0.493 e. The lowest BCUT2D eigenvalue weighted by Gasteiger charge is -2.09. The van der Waals surface area contributed by atoms with E-state index in [9.17, 15) is 13.2 Å². The first-order valence-corrected chi connectivity index (χ1v) is 9.07. The fraction of sp³-hybridized carbons (Fsp3) is 0.125. The summed E-state index contributed by atoms with van der Waals surface area (Å²) in [4.78, 5) is 11.8. The summed E-state index contributed by atoms with van der Waals surface area (Å²) in [5.41, 5.74) is 2.90. The number of nitrogens with two attached hydrogens (primary N) is 1. The quantitative estimate of drug-likeness (QED) is 0.568. The Bertz CT molecular complexity index is 960. The first kappa shape index (κ1) is 19.7. The standard InChI is InChI=1S/C16H16ClN3O5S/c1-24-13-5-3-4-11(15(13)25-2)9-19-20-16(21)10-6-7-12(17)14(8-10)26(18,22)23/h3-9H,1-2H3,(H,20,21)(H2,18,22,23)/b19-9-. The van der Waals surface area contributed by atoms with E-state index in [0.29, 0.717) is 17.1 Å². The van der Waals surface area contributed by atoms with Gasteiger partial charge >= 0.3 is 0 Å². The van der Waals surface area contributed by atoms with Gasteiger partial charge in [-0.2, -0.15) is 5.10 Å². The second-order valence-corrected chi connectivity index (χ2v) is 6.91. The number of halogens is 1. The lowest BCUT2D eigenvalue weighted by molar-refractivity contribution is 0.0955. The summed E-state index contributed by atoms with van der Waals surface area (Å²) in [6, 6.07) is 8.88. The fourth-order valence-corrected chi connectivity index (χ4v) is 3.17. The number of hydrogen-bond acceptors (Lipinski definition) is 6. The van der Waals surface area contributed by atoms with Crippen molar-refractivity contribution in [2.75, 3.05) is 14.2 Å². The number of hydrazone groups is 1. The van der Waals surface area contributed by atoms with Crippen LogP contribution in [0.1, 0.15) is 15.9 Å². The van der Waals surface area contributed by atoms with E-state index in [1.54, 1.807) is 18.2 Å². The van der Waals surface area contributed by atoms with Gasteiger partial charge in [0, 0.05) is 11.1 Å². The van der Waals surface area contributed by atoms with Gasteiger partial charge in [0.05, 0.1) is 25.5 Å². The number of nitrogens with one attached hydrogen (secondary N) is 1. The summed E-state index contributed by atoms with van der Waals surface area (Å²) in [5, 5.41) is 8.83. The van der Waals surface area contributed by atoms with Gasteiger partial charge in [0.1, 0.15) is 4.90 Å². The van der Waals surface area contributed by atoms with Crippen molar-refractivity contribution in [1.29, 1.82) is 0 Å². The average Bonchev–Trinajstić information content (AvgIpc) is 2.60. The second-order valence-electron chi connectivity index (χ2n) is 4.97. The SMILES string of the molecule is COc1cccc(/C=N\NC(=O)c2ccc(Cl)c(S(N)(=O)=O)c2)c1OC. The number of amides is 1. The monoisotopic (exact) mass is 397 g/mol. The third kappa shape index (κ3) is 4.51. The number of benzene rings is 2. The molecule has 0 fully saturated rings. The number of sulfonamides is 1. The fourth-order valence-electron chi connectivity index (χ4n) is 2.10. The van der Waals surface area contributed by atoms with E-state index in [0.717, 1.165) is 6.07 Å². The normalized spacial score (nSPS) is 11.4. The van der Waals surface area contributed by atoms with Crippen LogP contribution in [0.4, 0.5) is 0 Å². The molecule has 0 saturated heterocycles. The summed E-state index contributed by atoms with van der Waals surface area (Å²) in [5.74, 6) is 0.332. The Morgan fingerprint density at radius 3 is 2.58 bits per heavy atom. The van der Waals surface area contributed by atoms with Gasteiger partial charge in [0.15, 0.2) is 11.5 Å². The van der Waals surface area contributed by atoms with Crippen molar-refractivity contribution in [3.8, 4) is 11.5 Å². The number of nitrogens with zero attached hydrogens (tertiary/aromatic N) is 1. The average molecular weight is 398 g/mol. The molecule has 2 aromatic carbocycles. The molecule has 0 radical (unpaired) electrons. The molecule has 10 heteroatoms. The molecule has 0 aromatic heterocycles. The third-order valence-corrected chi connectivity index (χ3v) is 4.70. The van der Waals surface area contributed by atoms with Crippen LogP contribution in [0.5, 0.6) is 11.5 Å². The van der Waals surface area contributed by atoms with E-state index < -0.39 is 15.9 Å². The van der Waals surface area contributed by atoms with Gasteiger partial charge in [-0.05, 0) is 30.3 Å². The van der Waals surface area contributed by atoms with Crippen molar-refractivity contribution in [2.45, 2.75) is 4.90 Å². The van der Waals surface area contributed by atoms with E-state index in [-0.39, 0.29) is 15.5 Å². The van der Waals surface area contributed by atoms with Gasteiger partial charge in [0.25, 0.3) is 5.91 Å². The van der Waals surface area contributed by atoms with Crippen LogP contribution in [-0.4, -0.2) is 34.8 Å². The van der Waals surface area contributed by atoms with Crippen LogP contribution in [0.25, 0.3) is 0 Å². The molecule has 1 amide bonds. The Hall–Kier alpha value is -2.62. The van der Waals surface area contributed by atoms with E-state index in [4.69, 9.17) is 26.2 Å². The van der Waals surface area contributed by atoms with Crippen LogP contribution in [-0.2, 0) is 10.0 Å². The maximum Gasteiger partial charge on any atom is 0.271 e. The van der Waals surface area contributed by atoms with Gasteiger partial charge in [-0.25, -0.2) is 19.0 Å². The van der Waals surface area contributed by atoms with Gasteiger partial charge in [-0.1, -0.05) is 17.7 Å². The van der Waals surface area contributed by atoms with Gasteiger partial charge in [-0.3, -0.25) is 4.79 Å². The molecule has 0 aliphatic heterocycles. The minimum atomic E-state index is -4.05. The van der Waals surface area contributed by atoms with E-state index in [2.05, 4.69) is 10.5 Å². The molecule has 0 heterocycles. The molecule has 2 rings (SSSR count). The predicted octanol–water partition coefficient (Wildman–Crippen LogP) is 1.77. The highest BCUT2D eigenvalue weighted by Crippen LogP contribution is 2.29. The van der Waals surface area contributed by atoms with Gasteiger partial charge < -0.3 is 9.47 Å². The Balaban J connectivity index is 2.21. The molecule has 26 heavy (non-hydrogen) atoms. The molecule has 8 nitrogen and oxygen atoms in total. The van der Waals surface area contributed by atoms with Crippen molar-refractivity contribution in [1.82, 2.24) is 5.43 Å². The number of methoxy groups -OCH3 is 2. The molecule has 138 valence electrons. The van der Waals surface area contributed by atoms with Crippen molar-refractivity contribution < 1.29 is 22.7 Å². The van der Waals surface area contributed by atoms with Crippen molar-refractivity contribution >= 4 is 33.7 Å². The van der Waals surface area contributed by atoms with E-state index in [1.165, 1.54) is 32.6 Å². The minimum absolute atomic E-state index is 0.0354. The van der Waals surface area contributed by atoms with Crippen LogP contribution in [0.2, 0.25) is 5.02 Å².